The second kappa shape index (κ2) is 10.2. The molecular formula is C17H31N3O3. The number of hydrogen-bond donors (Lipinski definition) is 3. The van der Waals surface area contributed by atoms with Gasteiger partial charge in [-0.05, 0) is 25.7 Å². The Morgan fingerprint density at radius 2 is 1.48 bits per heavy atom. The molecule has 132 valence electrons. The first kappa shape index (κ1) is 19.5. The summed E-state index contributed by atoms with van der Waals surface area (Å²) < 4.78 is 0. The van der Waals surface area contributed by atoms with Gasteiger partial charge >= 0.3 is 0 Å². The van der Waals surface area contributed by atoms with E-state index in [0.29, 0.717) is 25.4 Å². The third-order valence-corrected chi connectivity index (χ3v) is 4.22. The van der Waals surface area contributed by atoms with Gasteiger partial charge in [-0.25, -0.2) is 0 Å². The molecule has 0 saturated heterocycles. The quantitative estimate of drug-likeness (QED) is 0.589. The van der Waals surface area contributed by atoms with E-state index in [0.717, 1.165) is 12.8 Å². The number of amides is 3. The molecule has 0 spiro atoms. The van der Waals surface area contributed by atoms with Gasteiger partial charge in [0.05, 0.1) is 0 Å². The molecule has 0 bridgehead atoms. The Labute approximate surface area is 139 Å². The van der Waals surface area contributed by atoms with E-state index in [4.69, 9.17) is 0 Å². The average molecular weight is 325 g/mol. The van der Waals surface area contributed by atoms with Crippen LogP contribution in [-0.2, 0) is 14.4 Å². The molecule has 0 aromatic heterocycles. The van der Waals surface area contributed by atoms with E-state index in [1.807, 2.05) is 13.8 Å². The summed E-state index contributed by atoms with van der Waals surface area (Å²) in [6.07, 6.45) is 6.42. The summed E-state index contributed by atoms with van der Waals surface area (Å²) in [5.41, 5.74) is 0. The monoisotopic (exact) mass is 325 g/mol. The molecule has 1 rings (SSSR count). The molecule has 6 heteroatoms. The Balaban J connectivity index is 2.17. The highest BCUT2D eigenvalue weighted by Gasteiger charge is 2.20. The molecule has 1 fully saturated rings. The van der Waals surface area contributed by atoms with Crippen molar-refractivity contribution in [3.8, 4) is 0 Å². The lowest BCUT2D eigenvalue weighted by Crippen LogP contribution is -2.47. The van der Waals surface area contributed by atoms with Crippen molar-refractivity contribution >= 4 is 17.7 Å². The Hall–Kier alpha value is -1.59. The lowest BCUT2D eigenvalue weighted by atomic mass is 9.87. The normalized spacial score (nSPS) is 16.7. The van der Waals surface area contributed by atoms with Crippen LogP contribution in [-0.4, -0.2) is 36.9 Å². The van der Waals surface area contributed by atoms with Gasteiger partial charge < -0.3 is 16.0 Å². The standard InChI is InChI=1S/C17H31N3O3/c1-12(2)16(22)18-9-10-19-17(23)13(3)20-15(21)11-14-7-5-4-6-8-14/h12-14H,4-11H2,1-3H3,(H,18,22)(H,19,23)(H,20,21)/t13-/m1/s1. The molecule has 0 radical (unpaired) electrons. The maximum Gasteiger partial charge on any atom is 0.242 e. The number of hydrogen-bond acceptors (Lipinski definition) is 3. The zero-order valence-corrected chi connectivity index (χ0v) is 14.6. The number of nitrogens with one attached hydrogen (secondary N) is 3. The van der Waals surface area contributed by atoms with Crippen LogP contribution in [0, 0.1) is 11.8 Å². The fraction of sp³-hybridized carbons (Fsp3) is 0.824. The smallest absolute Gasteiger partial charge is 0.242 e. The van der Waals surface area contributed by atoms with Gasteiger partial charge in [0.1, 0.15) is 6.04 Å². The molecule has 3 amide bonds. The van der Waals surface area contributed by atoms with E-state index in [1.54, 1.807) is 6.92 Å². The summed E-state index contributed by atoms with van der Waals surface area (Å²) in [4.78, 5) is 35.3. The van der Waals surface area contributed by atoms with Gasteiger partial charge in [-0.2, -0.15) is 0 Å². The van der Waals surface area contributed by atoms with Crippen LogP contribution in [0.15, 0.2) is 0 Å². The summed E-state index contributed by atoms with van der Waals surface area (Å²) >= 11 is 0. The molecule has 1 atom stereocenters. The Morgan fingerprint density at radius 3 is 2.04 bits per heavy atom. The Kier molecular flexibility index (Phi) is 8.66. The van der Waals surface area contributed by atoms with Crippen LogP contribution in [0.1, 0.15) is 59.3 Å². The van der Waals surface area contributed by atoms with Crippen molar-refractivity contribution in [2.75, 3.05) is 13.1 Å². The van der Waals surface area contributed by atoms with Crippen molar-refractivity contribution in [2.24, 2.45) is 11.8 Å². The van der Waals surface area contributed by atoms with Crippen molar-refractivity contribution in [2.45, 2.75) is 65.3 Å². The Bertz CT molecular complexity index is 404. The molecule has 0 heterocycles. The number of rotatable bonds is 8. The number of carbonyl (C=O) groups is 3. The molecule has 0 unspecified atom stereocenters. The molecule has 0 aliphatic heterocycles. The molecular weight excluding hydrogens is 294 g/mol. The zero-order valence-electron chi connectivity index (χ0n) is 14.6. The van der Waals surface area contributed by atoms with E-state index < -0.39 is 6.04 Å². The van der Waals surface area contributed by atoms with Gasteiger partial charge in [0.2, 0.25) is 17.7 Å². The largest absolute Gasteiger partial charge is 0.354 e. The molecule has 6 nitrogen and oxygen atoms in total. The lowest BCUT2D eigenvalue weighted by molar-refractivity contribution is -0.129. The first-order valence-electron chi connectivity index (χ1n) is 8.75. The summed E-state index contributed by atoms with van der Waals surface area (Å²) in [5.74, 6) is 0.0930. The number of carbonyl (C=O) groups excluding carboxylic acids is 3. The van der Waals surface area contributed by atoms with E-state index in [2.05, 4.69) is 16.0 Å². The van der Waals surface area contributed by atoms with Crippen LogP contribution < -0.4 is 16.0 Å². The molecule has 23 heavy (non-hydrogen) atoms. The maximum atomic E-state index is 12.0. The Morgan fingerprint density at radius 1 is 0.913 bits per heavy atom. The summed E-state index contributed by atoms with van der Waals surface area (Å²) in [5, 5.41) is 8.20. The molecule has 1 saturated carbocycles. The SMILES string of the molecule is CC(C)C(=O)NCCNC(=O)[C@@H](C)NC(=O)CC1CCCCC1. The highest BCUT2D eigenvalue weighted by atomic mass is 16.2. The topological polar surface area (TPSA) is 87.3 Å². The third kappa shape index (κ3) is 8.00. The van der Waals surface area contributed by atoms with E-state index >= 15 is 0 Å². The predicted octanol–water partition coefficient (Wildman–Crippen LogP) is 1.35. The van der Waals surface area contributed by atoms with Crippen LogP contribution >= 0.6 is 0 Å². The summed E-state index contributed by atoms with van der Waals surface area (Å²) in [6.45, 7) is 6.07. The van der Waals surface area contributed by atoms with Crippen molar-refractivity contribution < 1.29 is 14.4 Å². The van der Waals surface area contributed by atoms with Crippen molar-refractivity contribution in [1.29, 1.82) is 0 Å². The van der Waals surface area contributed by atoms with Gasteiger partial charge in [0.15, 0.2) is 0 Å². The van der Waals surface area contributed by atoms with Gasteiger partial charge in [0, 0.05) is 25.4 Å². The van der Waals surface area contributed by atoms with E-state index in [-0.39, 0.29) is 23.6 Å². The molecule has 0 aromatic rings. The fourth-order valence-corrected chi connectivity index (χ4v) is 2.75. The third-order valence-electron chi connectivity index (χ3n) is 4.22. The van der Waals surface area contributed by atoms with Crippen LogP contribution in [0.3, 0.4) is 0 Å². The van der Waals surface area contributed by atoms with Gasteiger partial charge in [-0.1, -0.05) is 33.1 Å². The maximum absolute atomic E-state index is 12.0. The van der Waals surface area contributed by atoms with Crippen molar-refractivity contribution in [1.82, 2.24) is 16.0 Å². The molecule has 3 N–H and O–H groups in total. The van der Waals surface area contributed by atoms with Crippen molar-refractivity contribution in [3.05, 3.63) is 0 Å². The van der Waals surface area contributed by atoms with E-state index in [1.165, 1.54) is 19.3 Å². The second-order valence-electron chi connectivity index (χ2n) is 6.73. The lowest BCUT2D eigenvalue weighted by Gasteiger charge is -2.22. The highest BCUT2D eigenvalue weighted by molar-refractivity contribution is 5.87. The van der Waals surface area contributed by atoms with Gasteiger partial charge in [-0.3, -0.25) is 14.4 Å². The van der Waals surface area contributed by atoms with Gasteiger partial charge in [0.25, 0.3) is 0 Å². The molecule has 0 aromatic carbocycles. The zero-order chi connectivity index (χ0) is 17.2. The van der Waals surface area contributed by atoms with Crippen LogP contribution in [0.5, 0.6) is 0 Å². The molecule has 1 aliphatic rings. The van der Waals surface area contributed by atoms with Gasteiger partial charge in [-0.15, -0.1) is 0 Å². The fourth-order valence-electron chi connectivity index (χ4n) is 2.75. The van der Waals surface area contributed by atoms with Crippen molar-refractivity contribution in [3.63, 3.8) is 0 Å². The minimum Gasteiger partial charge on any atom is -0.354 e. The van der Waals surface area contributed by atoms with Crippen LogP contribution in [0.25, 0.3) is 0 Å². The van der Waals surface area contributed by atoms with E-state index in [9.17, 15) is 14.4 Å². The second-order valence-corrected chi connectivity index (χ2v) is 6.73. The average Bonchev–Trinajstić information content (AvgIpc) is 2.51. The minimum absolute atomic E-state index is 0.0342. The minimum atomic E-state index is -0.549. The summed E-state index contributed by atoms with van der Waals surface area (Å²) in [7, 11) is 0. The molecule has 1 aliphatic carbocycles. The van der Waals surface area contributed by atoms with Crippen LogP contribution in [0.2, 0.25) is 0 Å². The highest BCUT2D eigenvalue weighted by Crippen LogP contribution is 2.26. The summed E-state index contributed by atoms with van der Waals surface area (Å²) in [6, 6.07) is -0.549. The first-order chi connectivity index (χ1) is 10.9. The predicted molar refractivity (Wildman–Crippen MR) is 89.7 cm³/mol. The first-order valence-corrected chi connectivity index (χ1v) is 8.75. The van der Waals surface area contributed by atoms with Crippen LogP contribution in [0.4, 0.5) is 0 Å².